The zero-order chi connectivity index (χ0) is 25.7. The lowest BCUT2D eigenvalue weighted by atomic mass is 10.2. The number of halogens is 2. The van der Waals surface area contributed by atoms with E-state index in [-0.39, 0.29) is 23.1 Å². The highest BCUT2D eigenvalue weighted by atomic mass is 35.5. The largest absolute Gasteiger partial charge is 0.490 e. The van der Waals surface area contributed by atoms with Crippen LogP contribution in [-0.4, -0.2) is 23.7 Å². The molecule has 36 heavy (non-hydrogen) atoms. The number of hydrogen-bond acceptors (Lipinski definition) is 7. The number of nitrogens with zero attached hydrogens (tertiary/aromatic N) is 2. The average molecular weight is 528 g/mol. The number of carbonyl (C=O) groups is 1. The summed E-state index contributed by atoms with van der Waals surface area (Å²) in [5.41, 5.74) is 3.72. The second kappa shape index (κ2) is 11.1. The molecule has 0 saturated heterocycles. The molecule has 0 aliphatic rings. The quantitative estimate of drug-likeness (QED) is 0.155. The van der Waals surface area contributed by atoms with Crippen molar-refractivity contribution in [3.63, 3.8) is 0 Å². The monoisotopic (exact) mass is 527 g/mol. The molecule has 0 radical (unpaired) electrons. The lowest BCUT2D eigenvalue weighted by molar-refractivity contribution is -0.384. The lowest BCUT2D eigenvalue weighted by Crippen LogP contribution is -2.16. The van der Waals surface area contributed by atoms with Crippen LogP contribution < -0.4 is 14.9 Å². The van der Waals surface area contributed by atoms with E-state index in [0.29, 0.717) is 33.9 Å². The Hall–Kier alpha value is -4.02. The fraction of sp³-hybridized carbons (Fsp3) is 0.120. The van der Waals surface area contributed by atoms with E-state index in [4.69, 9.17) is 21.1 Å². The van der Waals surface area contributed by atoms with Gasteiger partial charge in [0.2, 0.25) is 0 Å². The van der Waals surface area contributed by atoms with Crippen molar-refractivity contribution >= 4 is 50.8 Å². The molecule has 0 atom stereocenters. The van der Waals surface area contributed by atoms with E-state index in [1.807, 2.05) is 6.92 Å². The topological polar surface area (TPSA) is 103 Å². The summed E-state index contributed by atoms with van der Waals surface area (Å²) in [5, 5.41) is 15.8. The van der Waals surface area contributed by atoms with Gasteiger partial charge < -0.3 is 9.47 Å². The number of amides is 1. The molecule has 0 aliphatic carbocycles. The van der Waals surface area contributed by atoms with Crippen LogP contribution in [0.2, 0.25) is 5.02 Å². The van der Waals surface area contributed by atoms with Gasteiger partial charge in [-0.3, -0.25) is 14.9 Å². The third-order valence-electron chi connectivity index (χ3n) is 4.94. The number of hydrogen-bond donors (Lipinski definition) is 1. The Kier molecular flexibility index (Phi) is 7.77. The van der Waals surface area contributed by atoms with Gasteiger partial charge in [0, 0.05) is 22.2 Å². The van der Waals surface area contributed by atoms with Gasteiger partial charge in [0.1, 0.15) is 12.4 Å². The highest BCUT2D eigenvalue weighted by molar-refractivity contribution is 7.20. The van der Waals surface area contributed by atoms with Crippen LogP contribution >= 0.6 is 22.9 Å². The van der Waals surface area contributed by atoms with Crippen molar-refractivity contribution in [1.82, 2.24) is 5.43 Å². The number of rotatable bonds is 9. The minimum atomic E-state index is -0.484. The van der Waals surface area contributed by atoms with Gasteiger partial charge in [-0.1, -0.05) is 23.7 Å². The molecule has 3 aromatic carbocycles. The first kappa shape index (κ1) is 25.1. The minimum absolute atomic E-state index is 0.0441. The van der Waals surface area contributed by atoms with Gasteiger partial charge in [-0.05, 0) is 54.4 Å². The molecule has 1 amide bonds. The number of thiophene rings is 1. The Morgan fingerprint density at radius 2 is 1.94 bits per heavy atom. The summed E-state index contributed by atoms with van der Waals surface area (Å²) in [4.78, 5) is 23.3. The van der Waals surface area contributed by atoms with Crippen LogP contribution in [0.1, 0.15) is 27.7 Å². The van der Waals surface area contributed by atoms with Gasteiger partial charge in [-0.2, -0.15) is 5.10 Å². The Labute approximate surface area is 214 Å². The zero-order valence-electron chi connectivity index (χ0n) is 18.9. The minimum Gasteiger partial charge on any atom is -0.490 e. The van der Waals surface area contributed by atoms with E-state index in [1.54, 1.807) is 36.4 Å². The molecule has 11 heteroatoms. The van der Waals surface area contributed by atoms with Crippen LogP contribution in [-0.2, 0) is 6.61 Å². The third-order valence-corrected chi connectivity index (χ3v) is 6.34. The first-order valence-corrected chi connectivity index (χ1v) is 11.9. The first-order valence-electron chi connectivity index (χ1n) is 10.7. The molecule has 1 heterocycles. The standard InChI is InChI=1S/C25H19ClFN3O5S/c1-2-34-21-10-16(9-20(26)24(21)35-14-15-3-5-18(27)6-4-15)13-28-29-25(31)23-12-17-11-19(30(32)33)7-8-22(17)36-23/h3-13H,2,14H2,1H3,(H,29,31)/b28-13-. The molecule has 0 bridgehead atoms. The van der Waals surface area contributed by atoms with Crippen LogP contribution in [0.25, 0.3) is 10.1 Å². The van der Waals surface area contributed by atoms with E-state index in [9.17, 15) is 19.3 Å². The summed E-state index contributed by atoms with van der Waals surface area (Å²) in [6.07, 6.45) is 1.41. The van der Waals surface area contributed by atoms with E-state index in [2.05, 4.69) is 10.5 Å². The molecule has 0 fully saturated rings. The van der Waals surface area contributed by atoms with E-state index in [1.165, 1.54) is 41.8 Å². The summed E-state index contributed by atoms with van der Waals surface area (Å²) < 4.78 is 25.3. The molecule has 1 aromatic heterocycles. The predicted octanol–water partition coefficient (Wildman–Crippen LogP) is 6.34. The fourth-order valence-corrected chi connectivity index (χ4v) is 4.48. The van der Waals surface area contributed by atoms with Crippen LogP contribution in [0, 0.1) is 15.9 Å². The number of benzene rings is 3. The van der Waals surface area contributed by atoms with Gasteiger partial charge in [-0.25, -0.2) is 9.82 Å². The predicted molar refractivity (Wildman–Crippen MR) is 137 cm³/mol. The number of hydrazone groups is 1. The highest BCUT2D eigenvalue weighted by Gasteiger charge is 2.14. The lowest BCUT2D eigenvalue weighted by Gasteiger charge is -2.14. The summed E-state index contributed by atoms with van der Waals surface area (Å²) in [5.74, 6) is -0.0567. The molecule has 0 spiro atoms. The van der Waals surface area contributed by atoms with Crippen molar-refractivity contribution in [1.29, 1.82) is 0 Å². The molecular formula is C25H19ClFN3O5S. The molecule has 1 N–H and O–H groups in total. The molecule has 4 rings (SSSR count). The fourth-order valence-electron chi connectivity index (χ4n) is 3.28. The first-order chi connectivity index (χ1) is 17.3. The summed E-state index contributed by atoms with van der Waals surface area (Å²) in [7, 11) is 0. The van der Waals surface area contributed by atoms with E-state index < -0.39 is 10.8 Å². The van der Waals surface area contributed by atoms with Gasteiger partial charge in [-0.15, -0.1) is 11.3 Å². The second-order valence-corrected chi connectivity index (χ2v) is 8.96. The van der Waals surface area contributed by atoms with Gasteiger partial charge >= 0.3 is 0 Å². The molecular weight excluding hydrogens is 509 g/mol. The number of fused-ring (bicyclic) bond motifs is 1. The Bertz CT molecular complexity index is 1460. The Morgan fingerprint density at radius 1 is 1.17 bits per heavy atom. The van der Waals surface area contributed by atoms with Crippen molar-refractivity contribution in [3.8, 4) is 11.5 Å². The molecule has 0 aliphatic heterocycles. The number of nitro benzene ring substituents is 1. The van der Waals surface area contributed by atoms with Crippen molar-refractivity contribution in [2.24, 2.45) is 5.10 Å². The zero-order valence-corrected chi connectivity index (χ0v) is 20.4. The van der Waals surface area contributed by atoms with Gasteiger partial charge in [0.05, 0.1) is 27.6 Å². The molecule has 4 aromatic rings. The molecule has 0 saturated carbocycles. The van der Waals surface area contributed by atoms with Crippen LogP contribution in [0.3, 0.4) is 0 Å². The molecule has 8 nitrogen and oxygen atoms in total. The Morgan fingerprint density at radius 3 is 2.67 bits per heavy atom. The van der Waals surface area contributed by atoms with Gasteiger partial charge in [0.25, 0.3) is 11.6 Å². The van der Waals surface area contributed by atoms with Crippen molar-refractivity contribution in [2.75, 3.05) is 6.61 Å². The third kappa shape index (κ3) is 5.96. The smallest absolute Gasteiger partial charge is 0.281 e. The normalized spacial score (nSPS) is 11.1. The van der Waals surface area contributed by atoms with Crippen LogP contribution in [0.15, 0.2) is 65.8 Å². The second-order valence-electron chi connectivity index (χ2n) is 7.47. The maximum absolute atomic E-state index is 13.1. The van der Waals surface area contributed by atoms with Crippen LogP contribution in [0.4, 0.5) is 10.1 Å². The maximum atomic E-state index is 13.1. The SMILES string of the molecule is CCOc1cc(/C=N\NC(=O)c2cc3cc([N+](=O)[O-])ccc3s2)cc(Cl)c1OCc1ccc(F)cc1. The summed E-state index contributed by atoms with van der Waals surface area (Å²) >= 11 is 7.62. The molecule has 184 valence electrons. The van der Waals surface area contributed by atoms with Crippen molar-refractivity contribution in [2.45, 2.75) is 13.5 Å². The van der Waals surface area contributed by atoms with Crippen molar-refractivity contribution in [3.05, 3.63) is 97.6 Å². The highest BCUT2D eigenvalue weighted by Crippen LogP contribution is 2.37. The molecule has 0 unspecified atom stereocenters. The Balaban J connectivity index is 1.46. The summed E-state index contributed by atoms with van der Waals surface area (Å²) in [6, 6.07) is 15.2. The number of nitrogens with one attached hydrogen (secondary N) is 1. The maximum Gasteiger partial charge on any atom is 0.281 e. The van der Waals surface area contributed by atoms with E-state index >= 15 is 0 Å². The number of ether oxygens (including phenoxy) is 2. The summed E-state index contributed by atoms with van der Waals surface area (Å²) in [6.45, 7) is 2.35. The van der Waals surface area contributed by atoms with Crippen molar-refractivity contribution < 1.29 is 23.6 Å². The number of non-ortho nitro benzene ring substituents is 1. The van der Waals surface area contributed by atoms with Gasteiger partial charge in [0.15, 0.2) is 11.5 Å². The number of carbonyl (C=O) groups excluding carboxylic acids is 1. The average Bonchev–Trinajstić information content (AvgIpc) is 3.28. The number of nitro groups is 1. The van der Waals surface area contributed by atoms with E-state index in [0.717, 1.165) is 10.3 Å². The van der Waals surface area contributed by atoms with Crippen LogP contribution in [0.5, 0.6) is 11.5 Å².